The predicted octanol–water partition coefficient (Wildman–Crippen LogP) is 2.30. The van der Waals surface area contributed by atoms with Gasteiger partial charge in [-0.2, -0.15) is 0 Å². The van der Waals surface area contributed by atoms with Gasteiger partial charge in [-0.1, -0.05) is 28.1 Å². The number of nitrogens with zero attached hydrogens (tertiary/aromatic N) is 3. The normalized spacial score (nSPS) is 11.9. The zero-order valence-electron chi connectivity index (χ0n) is 19.0. The summed E-state index contributed by atoms with van der Waals surface area (Å²) in [6.45, 7) is 0.843. The molecule has 0 saturated carbocycles. The number of carbonyl (C=O) groups is 2. The fourth-order valence-corrected chi connectivity index (χ4v) is 4.50. The summed E-state index contributed by atoms with van der Waals surface area (Å²) < 4.78 is 32.0. The minimum atomic E-state index is -4.08. The van der Waals surface area contributed by atoms with Crippen LogP contribution in [0.2, 0.25) is 0 Å². The minimum absolute atomic E-state index is 0.0243. The van der Waals surface area contributed by atoms with Gasteiger partial charge in [-0.15, -0.1) is 0 Å². The minimum Gasteiger partial charge on any atom is -0.495 e. The van der Waals surface area contributed by atoms with E-state index in [0.717, 1.165) is 27.2 Å². The van der Waals surface area contributed by atoms with Crippen LogP contribution in [0.4, 0.5) is 11.4 Å². The molecule has 0 radical (unpaired) electrons. The number of amides is 2. The topological polar surface area (TPSA) is 139 Å². The highest BCUT2D eigenvalue weighted by Gasteiger charge is 2.31. The third-order valence-corrected chi connectivity index (χ3v) is 6.60. The highest BCUT2D eigenvalue weighted by Crippen LogP contribution is 2.33. The largest absolute Gasteiger partial charge is 0.495 e. The third kappa shape index (κ3) is 6.67. The van der Waals surface area contributed by atoms with Gasteiger partial charge in [0.15, 0.2) is 0 Å². The molecular formula is C21H25BrN4O7S. The van der Waals surface area contributed by atoms with Crippen molar-refractivity contribution in [2.75, 3.05) is 31.3 Å². The van der Waals surface area contributed by atoms with Gasteiger partial charge in [-0.05, 0) is 30.7 Å². The van der Waals surface area contributed by atoms with Crippen molar-refractivity contribution >= 4 is 49.1 Å². The van der Waals surface area contributed by atoms with Crippen LogP contribution in [0.25, 0.3) is 0 Å². The molecule has 2 aromatic carbocycles. The third-order valence-electron chi connectivity index (χ3n) is 4.98. The monoisotopic (exact) mass is 556 g/mol. The van der Waals surface area contributed by atoms with Gasteiger partial charge in [0.1, 0.15) is 24.0 Å². The number of non-ortho nitro benzene ring substituents is 1. The summed E-state index contributed by atoms with van der Waals surface area (Å²) in [6.07, 6.45) is 0.874. The van der Waals surface area contributed by atoms with Gasteiger partial charge in [0.25, 0.3) is 5.69 Å². The van der Waals surface area contributed by atoms with E-state index in [0.29, 0.717) is 5.56 Å². The number of halogens is 1. The summed E-state index contributed by atoms with van der Waals surface area (Å²) >= 11 is 3.36. The number of benzene rings is 2. The molecule has 1 N–H and O–H groups in total. The molecule has 2 rings (SSSR count). The van der Waals surface area contributed by atoms with Crippen LogP contribution in [-0.2, 0) is 26.2 Å². The lowest BCUT2D eigenvalue weighted by molar-refractivity contribution is -0.384. The van der Waals surface area contributed by atoms with Gasteiger partial charge >= 0.3 is 0 Å². The van der Waals surface area contributed by atoms with Crippen molar-refractivity contribution in [3.63, 3.8) is 0 Å². The number of rotatable bonds is 10. The Morgan fingerprint density at radius 1 is 1.24 bits per heavy atom. The van der Waals surface area contributed by atoms with Crippen LogP contribution >= 0.6 is 15.9 Å². The summed E-state index contributed by atoms with van der Waals surface area (Å²) in [7, 11) is -1.37. The van der Waals surface area contributed by atoms with E-state index in [1.807, 2.05) is 0 Å². The van der Waals surface area contributed by atoms with Crippen molar-refractivity contribution in [2.45, 2.75) is 19.5 Å². The zero-order valence-corrected chi connectivity index (χ0v) is 21.4. The van der Waals surface area contributed by atoms with Crippen molar-refractivity contribution in [1.29, 1.82) is 0 Å². The van der Waals surface area contributed by atoms with Crippen molar-refractivity contribution in [1.82, 2.24) is 10.2 Å². The highest BCUT2D eigenvalue weighted by molar-refractivity contribution is 9.10. The van der Waals surface area contributed by atoms with E-state index in [1.54, 1.807) is 24.3 Å². The smallest absolute Gasteiger partial charge is 0.271 e. The molecule has 11 nitrogen and oxygen atoms in total. The average Bonchev–Trinajstić information content (AvgIpc) is 2.78. The van der Waals surface area contributed by atoms with E-state index in [4.69, 9.17) is 4.74 Å². The van der Waals surface area contributed by atoms with E-state index in [-0.39, 0.29) is 23.7 Å². The van der Waals surface area contributed by atoms with Crippen LogP contribution in [0, 0.1) is 10.1 Å². The molecular weight excluding hydrogens is 532 g/mol. The summed E-state index contributed by atoms with van der Waals surface area (Å²) in [4.78, 5) is 37.6. The Kier molecular flexibility index (Phi) is 8.99. The van der Waals surface area contributed by atoms with Gasteiger partial charge in [0.2, 0.25) is 21.8 Å². The molecule has 2 amide bonds. The Bertz CT molecular complexity index is 1190. The van der Waals surface area contributed by atoms with Crippen molar-refractivity contribution in [2.24, 2.45) is 0 Å². The molecule has 0 bridgehead atoms. The molecule has 1 atom stereocenters. The Morgan fingerprint density at radius 3 is 2.44 bits per heavy atom. The zero-order chi connectivity index (χ0) is 25.6. The van der Waals surface area contributed by atoms with Crippen LogP contribution in [0.15, 0.2) is 46.9 Å². The van der Waals surface area contributed by atoms with Gasteiger partial charge in [-0.3, -0.25) is 24.0 Å². The SMILES string of the molecule is CNC(=O)C(C)N(Cc1cccc(Br)c1)C(=O)CN(c1cc([N+](=O)[O-])ccc1OC)S(C)(=O)=O. The molecule has 184 valence electrons. The lowest BCUT2D eigenvalue weighted by Crippen LogP contribution is -2.50. The number of hydrogen-bond donors (Lipinski definition) is 1. The Balaban J connectivity index is 2.51. The first kappa shape index (κ1) is 27.1. The molecule has 1 unspecified atom stereocenters. The molecule has 2 aromatic rings. The quantitative estimate of drug-likeness (QED) is 0.349. The highest BCUT2D eigenvalue weighted by atomic mass is 79.9. The first-order valence-corrected chi connectivity index (χ1v) is 12.6. The van der Waals surface area contributed by atoms with Crippen LogP contribution < -0.4 is 14.4 Å². The molecule has 0 spiro atoms. The molecule has 0 saturated heterocycles. The molecule has 0 aliphatic heterocycles. The van der Waals surface area contributed by atoms with E-state index in [1.165, 1.54) is 32.0 Å². The first-order valence-electron chi connectivity index (χ1n) is 9.94. The maximum atomic E-state index is 13.4. The number of nitro benzene ring substituents is 1. The number of nitrogens with one attached hydrogen (secondary N) is 1. The second kappa shape index (κ2) is 11.3. The van der Waals surface area contributed by atoms with Crippen molar-refractivity contribution < 1.29 is 27.7 Å². The molecule has 34 heavy (non-hydrogen) atoms. The van der Waals surface area contributed by atoms with E-state index in [9.17, 15) is 28.1 Å². The Labute approximate surface area is 206 Å². The van der Waals surface area contributed by atoms with Crippen molar-refractivity contribution in [3.8, 4) is 5.75 Å². The molecule has 13 heteroatoms. The number of nitro groups is 1. The maximum Gasteiger partial charge on any atom is 0.271 e. The number of hydrogen-bond acceptors (Lipinski definition) is 7. The second-order valence-electron chi connectivity index (χ2n) is 7.32. The van der Waals surface area contributed by atoms with E-state index < -0.39 is 39.3 Å². The Hall–Kier alpha value is -3.19. The fourth-order valence-electron chi connectivity index (χ4n) is 3.21. The summed E-state index contributed by atoms with van der Waals surface area (Å²) in [5, 5.41) is 13.7. The lowest BCUT2D eigenvalue weighted by atomic mass is 10.1. The van der Waals surface area contributed by atoms with Gasteiger partial charge < -0.3 is 15.0 Å². The lowest BCUT2D eigenvalue weighted by Gasteiger charge is -2.31. The second-order valence-corrected chi connectivity index (χ2v) is 10.1. The first-order chi connectivity index (χ1) is 15.9. The number of carbonyl (C=O) groups excluding carboxylic acids is 2. The number of anilines is 1. The number of methoxy groups -OCH3 is 1. The maximum absolute atomic E-state index is 13.4. The van der Waals surface area contributed by atoms with Crippen LogP contribution in [-0.4, -0.2) is 63.1 Å². The molecule has 0 fully saturated rings. The van der Waals surface area contributed by atoms with Gasteiger partial charge in [0, 0.05) is 30.2 Å². The number of sulfonamides is 1. The van der Waals surface area contributed by atoms with E-state index in [2.05, 4.69) is 21.2 Å². The summed E-state index contributed by atoms with van der Waals surface area (Å²) in [5.41, 5.74) is 0.168. The van der Waals surface area contributed by atoms with Crippen molar-refractivity contribution in [3.05, 3.63) is 62.6 Å². The van der Waals surface area contributed by atoms with Gasteiger partial charge in [0.05, 0.1) is 18.3 Å². The predicted molar refractivity (Wildman–Crippen MR) is 130 cm³/mol. The fraction of sp³-hybridized carbons (Fsp3) is 0.333. The average molecular weight is 557 g/mol. The number of likely N-dealkylation sites (N-methyl/N-ethyl adjacent to an activating group) is 1. The molecule has 0 aromatic heterocycles. The molecule has 0 aliphatic rings. The summed E-state index contributed by atoms with van der Waals surface area (Å²) in [5.74, 6) is -1.10. The van der Waals surface area contributed by atoms with Crippen LogP contribution in [0.5, 0.6) is 5.75 Å². The van der Waals surface area contributed by atoms with Gasteiger partial charge in [-0.25, -0.2) is 8.42 Å². The van der Waals surface area contributed by atoms with Crippen LogP contribution in [0.3, 0.4) is 0 Å². The standard InChI is InChI=1S/C21H25BrN4O7S/c1-14(21(28)23-2)24(12-15-6-5-7-16(22)10-15)20(27)13-25(34(4,31)32)18-11-17(26(29)30)8-9-19(18)33-3/h5-11,14H,12-13H2,1-4H3,(H,23,28). The molecule has 0 heterocycles. The van der Waals surface area contributed by atoms with Crippen LogP contribution in [0.1, 0.15) is 12.5 Å². The molecule has 0 aliphatic carbocycles. The van der Waals surface area contributed by atoms with E-state index >= 15 is 0 Å². The number of ether oxygens (including phenoxy) is 1. The Morgan fingerprint density at radius 2 is 1.91 bits per heavy atom. The summed E-state index contributed by atoms with van der Waals surface area (Å²) in [6, 6.07) is 9.62.